The first-order valence-electron chi connectivity index (χ1n) is 6.23. The van der Waals surface area contributed by atoms with Crippen molar-refractivity contribution in [2.24, 2.45) is 0 Å². The number of esters is 1. The van der Waals surface area contributed by atoms with E-state index in [-0.39, 0.29) is 17.5 Å². The van der Waals surface area contributed by atoms with Crippen molar-refractivity contribution in [3.8, 4) is 0 Å². The van der Waals surface area contributed by atoms with Gasteiger partial charge in [0.1, 0.15) is 0 Å². The van der Waals surface area contributed by atoms with Gasteiger partial charge in [0.15, 0.2) is 0 Å². The zero-order valence-electron chi connectivity index (χ0n) is 11.7. The van der Waals surface area contributed by atoms with Gasteiger partial charge in [0.2, 0.25) is 0 Å². The molecule has 0 spiro atoms. The molecule has 1 amide bonds. The highest BCUT2D eigenvalue weighted by atomic mass is 16.5. The molecule has 0 atom stereocenters. The van der Waals surface area contributed by atoms with E-state index in [0.29, 0.717) is 12.2 Å². The number of hydrogen-bond acceptors (Lipinski definition) is 3. The van der Waals surface area contributed by atoms with E-state index < -0.39 is 5.97 Å². The van der Waals surface area contributed by atoms with Crippen LogP contribution in [0.15, 0.2) is 23.8 Å². The molecule has 0 unspecified atom stereocenters. The van der Waals surface area contributed by atoms with E-state index in [9.17, 15) is 9.59 Å². The molecule has 0 aliphatic rings. The second kappa shape index (κ2) is 8.50. The van der Waals surface area contributed by atoms with Crippen LogP contribution in [0.4, 0.5) is 0 Å². The smallest absolute Gasteiger partial charge is 0.333 e. The second-order valence-corrected chi connectivity index (χ2v) is 4.47. The number of rotatable bonds is 7. The lowest BCUT2D eigenvalue weighted by Crippen LogP contribution is -2.30. The van der Waals surface area contributed by atoms with Crippen LogP contribution in [0.3, 0.4) is 0 Å². The number of unbranched alkanes of at least 4 members (excludes halogenated alkanes) is 1. The number of hydrogen-bond donors (Lipinski definition) is 1. The summed E-state index contributed by atoms with van der Waals surface area (Å²) in [6.45, 7) is 11.4. The summed E-state index contributed by atoms with van der Waals surface area (Å²) in [5, 5.41) is 2.70. The molecule has 0 aromatic rings. The van der Waals surface area contributed by atoms with E-state index in [4.69, 9.17) is 4.74 Å². The number of carbonyl (C=O) groups excluding carboxylic acids is 2. The molecule has 0 rings (SSSR count). The first-order valence-corrected chi connectivity index (χ1v) is 6.23. The van der Waals surface area contributed by atoms with Crippen molar-refractivity contribution in [1.82, 2.24) is 5.32 Å². The molecule has 4 heteroatoms. The average Bonchev–Trinajstić information content (AvgIpc) is 2.28. The molecule has 0 aromatic carbocycles. The maximum Gasteiger partial charge on any atom is 0.333 e. The van der Waals surface area contributed by atoms with Crippen LogP contribution in [0.2, 0.25) is 0 Å². The zero-order valence-corrected chi connectivity index (χ0v) is 11.7. The van der Waals surface area contributed by atoms with Crippen molar-refractivity contribution < 1.29 is 14.3 Å². The van der Waals surface area contributed by atoms with E-state index in [0.717, 1.165) is 12.8 Å². The SMILES string of the molecule is C=C(/C=C(\C)C(=O)OCCCC)C(=O)NC(C)C. The normalized spacial score (nSPS) is 11.3. The minimum absolute atomic E-state index is 0.0412. The van der Waals surface area contributed by atoms with E-state index in [1.807, 2.05) is 20.8 Å². The third-order valence-corrected chi connectivity index (χ3v) is 2.16. The van der Waals surface area contributed by atoms with Gasteiger partial charge in [-0.05, 0) is 33.3 Å². The lowest BCUT2D eigenvalue weighted by molar-refractivity contribution is -0.139. The number of nitrogens with one attached hydrogen (secondary N) is 1. The molecule has 0 fully saturated rings. The highest BCUT2D eigenvalue weighted by Crippen LogP contribution is 2.04. The lowest BCUT2D eigenvalue weighted by atomic mass is 10.1. The highest BCUT2D eigenvalue weighted by Gasteiger charge is 2.10. The fraction of sp³-hybridized carbons (Fsp3) is 0.571. The molecule has 18 heavy (non-hydrogen) atoms. The number of ether oxygens (including phenoxy) is 1. The topological polar surface area (TPSA) is 55.4 Å². The van der Waals surface area contributed by atoms with Gasteiger partial charge in [0.05, 0.1) is 6.61 Å². The molecule has 0 saturated carbocycles. The molecule has 0 aliphatic heterocycles. The summed E-state index contributed by atoms with van der Waals surface area (Å²) < 4.78 is 5.03. The Labute approximate surface area is 109 Å². The van der Waals surface area contributed by atoms with Crippen molar-refractivity contribution >= 4 is 11.9 Å². The van der Waals surface area contributed by atoms with Crippen LogP contribution in [0.5, 0.6) is 0 Å². The summed E-state index contributed by atoms with van der Waals surface area (Å²) >= 11 is 0. The van der Waals surface area contributed by atoms with Crippen LogP contribution in [0.25, 0.3) is 0 Å². The Morgan fingerprint density at radius 1 is 1.39 bits per heavy atom. The van der Waals surface area contributed by atoms with Crippen molar-refractivity contribution in [3.63, 3.8) is 0 Å². The lowest BCUT2D eigenvalue weighted by Gasteiger charge is -2.09. The number of amides is 1. The van der Waals surface area contributed by atoms with Gasteiger partial charge < -0.3 is 10.1 Å². The molecule has 102 valence electrons. The van der Waals surface area contributed by atoms with Gasteiger partial charge in [-0.2, -0.15) is 0 Å². The molecule has 0 aromatic heterocycles. The molecule has 4 nitrogen and oxygen atoms in total. The third-order valence-electron chi connectivity index (χ3n) is 2.16. The van der Waals surface area contributed by atoms with Gasteiger partial charge in [-0.25, -0.2) is 4.79 Å². The highest BCUT2D eigenvalue weighted by molar-refractivity contribution is 5.98. The average molecular weight is 253 g/mol. The van der Waals surface area contributed by atoms with Gasteiger partial charge in [-0.15, -0.1) is 0 Å². The van der Waals surface area contributed by atoms with Gasteiger partial charge in [0.25, 0.3) is 5.91 Å². The minimum atomic E-state index is -0.401. The zero-order chi connectivity index (χ0) is 14.1. The minimum Gasteiger partial charge on any atom is -0.462 e. The molecule has 0 radical (unpaired) electrons. The van der Waals surface area contributed by atoms with Gasteiger partial charge >= 0.3 is 5.97 Å². The monoisotopic (exact) mass is 253 g/mol. The van der Waals surface area contributed by atoms with E-state index in [2.05, 4.69) is 11.9 Å². The van der Waals surface area contributed by atoms with Crippen LogP contribution < -0.4 is 5.32 Å². The number of carbonyl (C=O) groups is 2. The largest absolute Gasteiger partial charge is 0.462 e. The first-order chi connectivity index (χ1) is 8.38. The van der Waals surface area contributed by atoms with Crippen LogP contribution in [0.1, 0.15) is 40.5 Å². The predicted octanol–water partition coefficient (Wildman–Crippen LogP) is 2.36. The van der Waals surface area contributed by atoms with Gasteiger partial charge in [-0.1, -0.05) is 19.9 Å². The van der Waals surface area contributed by atoms with Crippen molar-refractivity contribution in [2.75, 3.05) is 6.61 Å². The van der Waals surface area contributed by atoms with E-state index in [1.165, 1.54) is 6.08 Å². The summed E-state index contributed by atoms with van der Waals surface area (Å²) in [5.41, 5.74) is 0.642. The summed E-state index contributed by atoms with van der Waals surface area (Å²) in [4.78, 5) is 23.1. The van der Waals surface area contributed by atoms with Crippen LogP contribution >= 0.6 is 0 Å². The predicted molar refractivity (Wildman–Crippen MR) is 72.0 cm³/mol. The summed E-state index contributed by atoms with van der Waals surface area (Å²) in [6.07, 6.45) is 3.26. The Hall–Kier alpha value is -1.58. The van der Waals surface area contributed by atoms with Crippen LogP contribution in [-0.2, 0) is 14.3 Å². The summed E-state index contributed by atoms with van der Waals surface area (Å²) in [5.74, 6) is -0.673. The quantitative estimate of drug-likeness (QED) is 0.328. The Bertz CT molecular complexity index is 343. The molecular formula is C14H23NO3. The van der Waals surface area contributed by atoms with Gasteiger partial charge in [0, 0.05) is 17.2 Å². The Morgan fingerprint density at radius 3 is 2.50 bits per heavy atom. The maximum absolute atomic E-state index is 11.6. The van der Waals surface area contributed by atoms with E-state index >= 15 is 0 Å². The molecule has 0 saturated heterocycles. The maximum atomic E-state index is 11.6. The molecular weight excluding hydrogens is 230 g/mol. The fourth-order valence-electron chi connectivity index (χ4n) is 1.16. The standard InChI is InChI=1S/C14H23NO3/c1-6-7-8-18-14(17)12(5)9-11(4)13(16)15-10(2)3/h9-10H,4,6-8H2,1-3,5H3,(H,15,16)/b12-9+. The second-order valence-electron chi connectivity index (χ2n) is 4.47. The molecule has 0 aliphatic carbocycles. The van der Waals surface area contributed by atoms with E-state index in [1.54, 1.807) is 6.92 Å². The van der Waals surface area contributed by atoms with Crippen LogP contribution in [0, 0.1) is 0 Å². The Balaban J connectivity index is 4.34. The summed E-state index contributed by atoms with van der Waals surface area (Å²) in [7, 11) is 0. The first kappa shape index (κ1) is 16.4. The molecule has 0 heterocycles. The summed E-state index contributed by atoms with van der Waals surface area (Å²) in [6, 6.07) is 0.0412. The fourth-order valence-corrected chi connectivity index (χ4v) is 1.16. The van der Waals surface area contributed by atoms with Crippen molar-refractivity contribution in [3.05, 3.63) is 23.8 Å². The van der Waals surface area contributed by atoms with Gasteiger partial charge in [-0.3, -0.25) is 4.79 Å². The Morgan fingerprint density at radius 2 is 2.00 bits per heavy atom. The van der Waals surface area contributed by atoms with Crippen molar-refractivity contribution in [2.45, 2.75) is 46.6 Å². The van der Waals surface area contributed by atoms with Crippen molar-refractivity contribution in [1.29, 1.82) is 0 Å². The molecule has 0 bridgehead atoms. The van der Waals surface area contributed by atoms with Crippen LogP contribution in [-0.4, -0.2) is 24.5 Å². The Kier molecular flexibility index (Phi) is 7.76. The molecule has 1 N–H and O–H groups in total. The third kappa shape index (κ3) is 6.89.